The second-order valence-electron chi connectivity index (χ2n) is 9.68. The average molecular weight is 513 g/mol. The van der Waals surface area contributed by atoms with Crippen LogP contribution in [0.25, 0.3) is 42.2 Å². The van der Waals surface area contributed by atoms with Gasteiger partial charge in [0.15, 0.2) is 0 Å². The highest BCUT2D eigenvalue weighted by Crippen LogP contribution is 2.40. The lowest BCUT2D eigenvalue weighted by atomic mass is 10.2. The van der Waals surface area contributed by atoms with E-state index < -0.39 is 31.6 Å². The van der Waals surface area contributed by atoms with Crippen molar-refractivity contribution in [1.29, 1.82) is 0 Å². The van der Waals surface area contributed by atoms with E-state index >= 15 is 0 Å². The Kier molecular flexibility index (Phi) is 3.78. The van der Waals surface area contributed by atoms with Gasteiger partial charge in [-0.05, 0) is 64.4 Å². The van der Waals surface area contributed by atoms with Crippen LogP contribution < -0.4 is 41.7 Å². The number of benzene rings is 4. The van der Waals surface area contributed by atoms with Gasteiger partial charge in [-0.25, -0.2) is 0 Å². The molecule has 36 heavy (non-hydrogen) atoms. The first kappa shape index (κ1) is 19.5. The largest absolute Gasteiger partial charge is 0.0616 e. The van der Waals surface area contributed by atoms with Gasteiger partial charge in [0, 0.05) is 20.9 Å². The molecule has 0 radical (unpaired) electrons. The van der Waals surface area contributed by atoms with Crippen LogP contribution in [-0.2, 0) is 0 Å². The van der Waals surface area contributed by atoms with Gasteiger partial charge in [-0.2, -0.15) is 0 Å². The maximum atomic E-state index is 3.61. The Morgan fingerprint density at radius 2 is 0.528 bits per heavy atom. The first-order chi connectivity index (χ1) is 17.9. The maximum absolute atomic E-state index is 3.61. The van der Waals surface area contributed by atoms with Crippen LogP contribution in [0.1, 0.15) is 0 Å². The van der Waals surface area contributed by atoms with Gasteiger partial charge in [-0.1, -0.05) is 95.7 Å². The molecule has 0 saturated carbocycles. The summed E-state index contributed by atoms with van der Waals surface area (Å²) in [6.45, 7) is 0. The van der Waals surface area contributed by atoms with Crippen LogP contribution in [0.5, 0.6) is 0 Å². The SMILES string of the molecule is C1=C=c2ccccc2=C2[Si]3=[Si]2C3=c2ccccc2=C=C=c2ccccc2=C2[Si]3=[Si]2C3=c2ccccc2=1. The molecule has 4 heteroatoms. The predicted octanol–water partition coefficient (Wildman–Crippen LogP) is -1.46. The molecular formula is C32H16Si4. The third kappa shape index (κ3) is 2.70. The Morgan fingerprint density at radius 3 is 0.778 bits per heavy atom. The third-order valence-electron chi connectivity index (χ3n) is 7.70. The summed E-state index contributed by atoms with van der Waals surface area (Å²) in [6, 6.07) is 35.5. The molecule has 0 amide bonds. The minimum absolute atomic E-state index is 0.461. The van der Waals surface area contributed by atoms with Gasteiger partial charge in [0.1, 0.15) is 0 Å². The summed E-state index contributed by atoms with van der Waals surface area (Å²) in [5.74, 6) is 0. The van der Waals surface area contributed by atoms with Crippen molar-refractivity contribution in [3.8, 4) is 0 Å². The molecule has 0 spiro atoms. The minimum atomic E-state index is -0.461. The minimum Gasteiger partial charge on any atom is -0.0616 e. The Morgan fingerprint density at radius 1 is 0.306 bits per heavy atom. The molecule has 4 aromatic carbocycles. The predicted molar refractivity (Wildman–Crippen MR) is 153 cm³/mol. The van der Waals surface area contributed by atoms with E-state index in [0.717, 1.165) is 0 Å². The molecule has 10 rings (SSSR count). The lowest BCUT2D eigenvalue weighted by Gasteiger charge is -2.01. The van der Waals surface area contributed by atoms with E-state index in [1.165, 1.54) is 41.7 Å². The summed E-state index contributed by atoms with van der Waals surface area (Å²) < 4.78 is 0. The number of hydrogen-bond donors (Lipinski definition) is 0. The standard InChI is InChI=1S/C32H16Si4/c1-5-13-25-21(9-1)17-18-22-10-2-6-14-26(22)31-35-32(36(31)35)28-16-8-4-12-24(28)20-19-23-11-3-7-15-27(23)30-33-29(25)34(30)33/h1-16H. The van der Waals surface area contributed by atoms with E-state index in [1.807, 2.05) is 0 Å². The Balaban J connectivity index is 1.48. The van der Waals surface area contributed by atoms with Crippen molar-refractivity contribution in [3.63, 3.8) is 0 Å². The van der Waals surface area contributed by atoms with Crippen molar-refractivity contribution in [2.24, 2.45) is 0 Å². The van der Waals surface area contributed by atoms with Crippen LogP contribution in [0.3, 0.4) is 0 Å². The van der Waals surface area contributed by atoms with Crippen molar-refractivity contribution in [1.82, 2.24) is 0 Å². The van der Waals surface area contributed by atoms with E-state index in [1.54, 1.807) is 19.3 Å². The summed E-state index contributed by atoms with van der Waals surface area (Å²) in [5.41, 5.74) is 14.4. The molecule has 0 unspecified atom stereocenters. The quantitative estimate of drug-likeness (QED) is 0.253. The monoisotopic (exact) mass is 512 g/mol. The summed E-state index contributed by atoms with van der Waals surface area (Å²) in [6.07, 6.45) is 0. The number of hydrogen-bond acceptors (Lipinski definition) is 0. The van der Waals surface area contributed by atoms with E-state index in [0.29, 0.717) is 0 Å². The fourth-order valence-electron chi connectivity index (χ4n) is 5.71. The highest BCUT2D eigenvalue weighted by Gasteiger charge is 2.52. The second kappa shape index (κ2) is 6.97. The zero-order valence-corrected chi connectivity index (χ0v) is 23.2. The van der Waals surface area contributed by atoms with E-state index in [2.05, 4.69) is 120 Å². The summed E-state index contributed by atoms with van der Waals surface area (Å²) in [4.78, 5) is 7.06. The molecule has 0 fully saturated rings. The van der Waals surface area contributed by atoms with Gasteiger partial charge in [0.05, 0.1) is 31.6 Å². The van der Waals surface area contributed by atoms with Gasteiger partial charge < -0.3 is 0 Å². The second-order valence-corrected chi connectivity index (χ2v) is 24.7. The maximum Gasteiger partial charge on any atom is 0.0586 e. The highest BCUT2D eigenvalue weighted by atomic mass is 29.0. The van der Waals surface area contributed by atoms with Crippen molar-refractivity contribution < 1.29 is 0 Å². The normalized spacial score (nSPS) is 16.4. The van der Waals surface area contributed by atoms with Gasteiger partial charge >= 0.3 is 0 Å². The van der Waals surface area contributed by atoms with Crippen LogP contribution in [-0.4, -0.2) is 31.6 Å². The van der Waals surface area contributed by atoms with Crippen LogP contribution in [0.15, 0.2) is 97.1 Å². The Labute approximate surface area is 211 Å². The summed E-state index contributed by atoms with van der Waals surface area (Å²) in [7, 11) is -1.84. The van der Waals surface area contributed by atoms with Crippen LogP contribution in [0.4, 0.5) is 0 Å². The molecular weight excluding hydrogens is 497 g/mol. The molecule has 6 aliphatic heterocycles. The van der Waals surface area contributed by atoms with Crippen molar-refractivity contribution in [3.05, 3.63) is 139 Å². The van der Waals surface area contributed by atoms with Crippen molar-refractivity contribution in [2.45, 2.75) is 0 Å². The molecule has 6 aliphatic rings. The lowest BCUT2D eigenvalue weighted by Crippen LogP contribution is -2.32. The van der Waals surface area contributed by atoms with Crippen LogP contribution >= 0.6 is 0 Å². The molecule has 0 atom stereocenters. The fraction of sp³-hybridized carbons (Fsp3) is 0. The average Bonchev–Trinajstić information content (AvgIpc) is 3.77. The molecule has 4 bridgehead atoms. The molecule has 0 nitrogen and oxygen atoms in total. The van der Waals surface area contributed by atoms with Gasteiger partial charge in [0.25, 0.3) is 0 Å². The topological polar surface area (TPSA) is 0 Å². The van der Waals surface area contributed by atoms with Crippen molar-refractivity contribution in [2.75, 3.05) is 0 Å². The van der Waals surface area contributed by atoms with Crippen molar-refractivity contribution >= 4 is 73.8 Å². The van der Waals surface area contributed by atoms with Crippen LogP contribution in [0.2, 0.25) is 0 Å². The Bertz CT molecular complexity index is 2120. The zero-order chi connectivity index (χ0) is 23.4. The fourth-order valence-corrected chi connectivity index (χ4v) is 25.6. The van der Waals surface area contributed by atoms with E-state index in [9.17, 15) is 0 Å². The highest BCUT2D eigenvalue weighted by molar-refractivity contribution is 7.69. The summed E-state index contributed by atoms with van der Waals surface area (Å²) in [5, 5.41) is 10.6. The molecule has 160 valence electrons. The summed E-state index contributed by atoms with van der Waals surface area (Å²) >= 11 is 0. The molecule has 6 heterocycles. The smallest absolute Gasteiger partial charge is 0.0586 e. The first-order valence-corrected chi connectivity index (χ1v) is 20.3. The van der Waals surface area contributed by atoms with Crippen LogP contribution in [0, 0.1) is 0 Å². The molecule has 0 saturated heterocycles. The van der Waals surface area contributed by atoms with Gasteiger partial charge in [-0.15, -0.1) is 0 Å². The molecule has 0 aromatic heterocycles. The molecule has 0 aliphatic carbocycles. The zero-order valence-electron chi connectivity index (χ0n) is 19.2. The molecule has 0 N–H and O–H groups in total. The van der Waals surface area contributed by atoms with Gasteiger partial charge in [0.2, 0.25) is 0 Å². The molecule has 4 aromatic rings. The Hall–Kier alpha value is -3.65. The third-order valence-corrected chi connectivity index (χ3v) is 24.9. The van der Waals surface area contributed by atoms with Gasteiger partial charge in [-0.3, -0.25) is 0 Å². The first-order valence-electron chi connectivity index (χ1n) is 12.3. The lowest BCUT2D eigenvalue weighted by molar-refractivity contribution is 1.51. The van der Waals surface area contributed by atoms with E-state index in [4.69, 9.17) is 0 Å². The van der Waals surface area contributed by atoms with E-state index in [-0.39, 0.29) is 0 Å². The number of rotatable bonds is 0.